The van der Waals surface area contributed by atoms with Crippen molar-refractivity contribution in [2.75, 3.05) is 26.7 Å². The molecule has 43 heavy (non-hydrogen) atoms. The van der Waals surface area contributed by atoms with Gasteiger partial charge in [-0.1, -0.05) is 37.2 Å². The largest absolute Gasteiger partial charge is 0.444 e. The zero-order valence-corrected chi connectivity index (χ0v) is 26.3. The molecular weight excluding hydrogens is 546 g/mol. The average Bonchev–Trinajstić information content (AvgIpc) is 3.22. The van der Waals surface area contributed by atoms with Crippen LogP contribution in [-0.4, -0.2) is 64.2 Å². The van der Waals surface area contributed by atoms with Gasteiger partial charge in [-0.3, -0.25) is 24.0 Å². The van der Waals surface area contributed by atoms with E-state index in [4.69, 9.17) is 4.74 Å². The van der Waals surface area contributed by atoms with Crippen molar-refractivity contribution < 1.29 is 19.1 Å². The number of amides is 3. The number of alkyl carbamates (subject to hydrolysis) is 1. The summed E-state index contributed by atoms with van der Waals surface area (Å²) in [5, 5.41) is 4.72. The number of rotatable bonds is 3. The maximum atomic E-state index is 13.1. The molecule has 2 N–H and O–H groups in total. The molecule has 10 heteroatoms. The fourth-order valence-corrected chi connectivity index (χ4v) is 6.27. The van der Waals surface area contributed by atoms with Crippen molar-refractivity contribution in [1.29, 1.82) is 0 Å². The topological polar surface area (TPSA) is 115 Å². The molecule has 0 radical (unpaired) electrons. The summed E-state index contributed by atoms with van der Waals surface area (Å²) in [7, 11) is 3.26. The molecule has 1 unspecified atom stereocenters. The van der Waals surface area contributed by atoms with Crippen LogP contribution in [0.1, 0.15) is 90.2 Å². The maximum absolute atomic E-state index is 13.1. The van der Waals surface area contributed by atoms with Gasteiger partial charge < -0.3 is 15.0 Å². The molecule has 1 saturated carbocycles. The summed E-state index contributed by atoms with van der Waals surface area (Å²) < 4.78 is 7.94. The molecule has 234 valence electrons. The molecule has 1 aromatic carbocycles. The Kier molecular flexibility index (Phi) is 10.7. The van der Waals surface area contributed by atoms with Crippen molar-refractivity contribution in [3.05, 3.63) is 34.2 Å². The van der Waals surface area contributed by atoms with Gasteiger partial charge in [-0.2, -0.15) is 0 Å². The van der Waals surface area contributed by atoms with Gasteiger partial charge in [-0.25, -0.2) is 9.59 Å². The van der Waals surface area contributed by atoms with Crippen molar-refractivity contribution in [1.82, 2.24) is 24.7 Å². The van der Waals surface area contributed by atoms with Crippen molar-refractivity contribution in [2.45, 2.75) is 90.2 Å². The number of imide groups is 1. The third-order valence-electron chi connectivity index (χ3n) is 8.47. The van der Waals surface area contributed by atoms with Crippen LogP contribution in [-0.2, 0) is 21.4 Å². The molecule has 2 saturated heterocycles. The zero-order valence-electron chi connectivity index (χ0n) is 26.3. The first-order valence-electron chi connectivity index (χ1n) is 15.6. The van der Waals surface area contributed by atoms with E-state index in [1.807, 2.05) is 39.0 Å². The van der Waals surface area contributed by atoms with E-state index in [0.29, 0.717) is 17.9 Å². The van der Waals surface area contributed by atoms with Gasteiger partial charge >= 0.3 is 11.8 Å². The van der Waals surface area contributed by atoms with E-state index < -0.39 is 11.9 Å². The lowest BCUT2D eigenvalue weighted by atomic mass is 9.88. The Hall–Kier alpha value is -3.58. The Morgan fingerprint density at radius 3 is 2.35 bits per heavy atom. The van der Waals surface area contributed by atoms with Crippen LogP contribution in [0.5, 0.6) is 0 Å². The van der Waals surface area contributed by atoms with Crippen LogP contribution in [0.3, 0.4) is 0 Å². The van der Waals surface area contributed by atoms with E-state index in [-0.39, 0.29) is 29.7 Å². The van der Waals surface area contributed by atoms with Gasteiger partial charge in [-0.15, -0.1) is 0 Å². The van der Waals surface area contributed by atoms with E-state index >= 15 is 0 Å². The molecule has 1 atom stereocenters. The van der Waals surface area contributed by atoms with Crippen molar-refractivity contribution in [3.8, 4) is 11.8 Å². The maximum Gasteiger partial charge on any atom is 0.407 e. The summed E-state index contributed by atoms with van der Waals surface area (Å²) in [6.45, 7) is 8.94. The molecule has 1 aliphatic carbocycles. The van der Waals surface area contributed by atoms with E-state index in [1.165, 1.54) is 50.3 Å². The lowest BCUT2D eigenvalue weighted by molar-refractivity contribution is -0.135. The Balaban J connectivity index is 0.000000410. The molecule has 0 bridgehead atoms. The summed E-state index contributed by atoms with van der Waals surface area (Å²) in [6, 6.07) is 5.02. The van der Waals surface area contributed by atoms with Crippen LogP contribution in [0.25, 0.3) is 11.0 Å². The van der Waals surface area contributed by atoms with E-state index in [2.05, 4.69) is 27.4 Å². The van der Waals surface area contributed by atoms with Gasteiger partial charge in [0.2, 0.25) is 11.8 Å². The van der Waals surface area contributed by atoms with Crippen LogP contribution in [0.15, 0.2) is 23.0 Å². The normalized spacial score (nSPS) is 20.4. The fourth-order valence-electron chi connectivity index (χ4n) is 6.27. The number of hydrogen-bond donors (Lipinski definition) is 2. The molecular formula is C33H47N5O5. The van der Waals surface area contributed by atoms with Crippen LogP contribution in [0.2, 0.25) is 0 Å². The van der Waals surface area contributed by atoms with Crippen LogP contribution in [0, 0.1) is 23.7 Å². The number of nitrogens with zero attached hydrogens (tertiary/aromatic N) is 3. The molecule has 2 aliphatic heterocycles. The number of piperidine rings is 2. The molecule has 0 spiro atoms. The fraction of sp³-hybridized carbons (Fsp3) is 0.636. The third-order valence-corrected chi connectivity index (χ3v) is 8.47. The highest BCUT2D eigenvalue weighted by atomic mass is 16.6. The second kappa shape index (κ2) is 14.3. The number of fused-ring (bicyclic) bond motifs is 1. The number of likely N-dealkylation sites (tertiary alicyclic amines) is 1. The van der Waals surface area contributed by atoms with E-state index in [9.17, 15) is 19.2 Å². The number of carbonyl (C=O) groups excluding carboxylic acids is 3. The quantitative estimate of drug-likeness (QED) is 0.409. The Morgan fingerprint density at radius 1 is 1.05 bits per heavy atom. The van der Waals surface area contributed by atoms with Crippen molar-refractivity contribution >= 4 is 28.9 Å². The number of para-hydroxylation sites is 1. The minimum absolute atomic E-state index is 0.234. The van der Waals surface area contributed by atoms with Gasteiger partial charge in [0.25, 0.3) is 0 Å². The Bertz CT molecular complexity index is 1430. The van der Waals surface area contributed by atoms with Gasteiger partial charge in [-0.05, 0) is 84.0 Å². The SMILES string of the molecule is CNC(=O)OC(C)(C)C.Cn1c(=O)n(C2CCC(=O)NC2=O)c2cccc(C#CC3CCN(CC4CCCCC4)CC3)c21. The summed E-state index contributed by atoms with van der Waals surface area (Å²) in [4.78, 5) is 50.2. The molecule has 5 rings (SSSR count). The molecule has 3 fully saturated rings. The van der Waals surface area contributed by atoms with Gasteiger partial charge in [0.1, 0.15) is 11.6 Å². The van der Waals surface area contributed by atoms with E-state index in [0.717, 1.165) is 42.9 Å². The highest BCUT2D eigenvalue weighted by Crippen LogP contribution is 2.27. The second-order valence-corrected chi connectivity index (χ2v) is 13.0. The van der Waals surface area contributed by atoms with Gasteiger partial charge in [0.15, 0.2) is 0 Å². The first-order valence-corrected chi connectivity index (χ1v) is 15.6. The predicted octanol–water partition coefficient (Wildman–Crippen LogP) is 4.10. The molecule has 10 nitrogen and oxygen atoms in total. The molecule has 1 aromatic heterocycles. The Labute approximate surface area is 254 Å². The van der Waals surface area contributed by atoms with Crippen molar-refractivity contribution in [3.63, 3.8) is 0 Å². The predicted molar refractivity (Wildman–Crippen MR) is 167 cm³/mol. The first kappa shape index (κ1) is 32.3. The third kappa shape index (κ3) is 8.50. The average molecular weight is 594 g/mol. The number of ether oxygens (including phenoxy) is 1. The number of hydrogen-bond acceptors (Lipinski definition) is 6. The molecule has 3 heterocycles. The first-order chi connectivity index (χ1) is 20.5. The lowest BCUT2D eigenvalue weighted by Crippen LogP contribution is -2.44. The number of benzene rings is 1. The standard InChI is InChI=1S/C27H34N4O3.C6H13NO2/c1-29-25-21(11-10-19-14-16-30(17-15-19)18-20-6-3-2-4-7-20)8-5-9-22(25)31(27(29)34)23-12-13-24(32)28-26(23)33;1-6(2,3)9-5(8)7-4/h5,8-9,19-20,23H,2-4,6-7,12-18H2,1H3,(H,28,32,33);1-4H3,(H,7,8). The van der Waals surface area contributed by atoms with Crippen molar-refractivity contribution in [2.24, 2.45) is 18.9 Å². The number of nitrogens with one attached hydrogen (secondary N) is 2. The number of imidazole rings is 1. The second-order valence-electron chi connectivity index (χ2n) is 13.0. The summed E-state index contributed by atoms with van der Waals surface area (Å²) in [5.41, 5.74) is 1.61. The van der Waals surface area contributed by atoms with Crippen LogP contribution < -0.4 is 16.3 Å². The van der Waals surface area contributed by atoms with E-state index in [1.54, 1.807) is 11.6 Å². The number of aromatic nitrogens is 2. The van der Waals surface area contributed by atoms with Gasteiger partial charge in [0.05, 0.1) is 16.6 Å². The summed E-state index contributed by atoms with van der Waals surface area (Å²) in [5.74, 6) is 7.38. The van der Waals surface area contributed by atoms with Crippen LogP contribution >= 0.6 is 0 Å². The zero-order chi connectivity index (χ0) is 31.1. The molecule has 3 aliphatic rings. The summed E-state index contributed by atoms with van der Waals surface area (Å²) >= 11 is 0. The lowest BCUT2D eigenvalue weighted by Gasteiger charge is -2.34. The highest BCUT2D eigenvalue weighted by Gasteiger charge is 2.31. The minimum Gasteiger partial charge on any atom is -0.444 e. The smallest absolute Gasteiger partial charge is 0.407 e. The monoisotopic (exact) mass is 593 g/mol. The van der Waals surface area contributed by atoms with Gasteiger partial charge in [0, 0.05) is 33.0 Å². The minimum atomic E-state index is -0.675. The molecule has 3 amide bonds. The number of aryl methyl sites for hydroxylation is 1. The van der Waals surface area contributed by atoms with Crippen LogP contribution in [0.4, 0.5) is 4.79 Å². The Morgan fingerprint density at radius 2 is 1.74 bits per heavy atom. The molecule has 2 aromatic rings. The number of carbonyl (C=O) groups is 3. The highest BCUT2D eigenvalue weighted by molar-refractivity contribution is 6.00. The summed E-state index contributed by atoms with van der Waals surface area (Å²) in [6.07, 6.45) is 9.33.